The summed E-state index contributed by atoms with van der Waals surface area (Å²) >= 11 is 1.86. The van der Waals surface area contributed by atoms with Crippen molar-refractivity contribution in [1.82, 2.24) is 0 Å². The van der Waals surface area contributed by atoms with Gasteiger partial charge in [0.2, 0.25) is 0 Å². The summed E-state index contributed by atoms with van der Waals surface area (Å²) in [5.74, 6) is 1.94. The fourth-order valence-electron chi connectivity index (χ4n) is 2.07. The number of nitrogens with zero attached hydrogens (tertiary/aromatic N) is 3. The molecule has 0 amide bonds. The van der Waals surface area contributed by atoms with Gasteiger partial charge in [-0.2, -0.15) is 17.0 Å². The average Bonchev–Trinajstić information content (AvgIpc) is 2.38. The van der Waals surface area contributed by atoms with E-state index in [-0.39, 0.29) is 11.7 Å². The molecule has 0 radical (unpaired) electrons. The molecule has 0 spiro atoms. The van der Waals surface area contributed by atoms with E-state index in [1.807, 2.05) is 17.8 Å². The largest absolute Gasteiger partial charge is 0.362 e. The molecule has 0 aliphatic carbocycles. The van der Waals surface area contributed by atoms with Crippen LogP contribution in [-0.2, 0) is 0 Å². The van der Waals surface area contributed by atoms with Crippen molar-refractivity contribution >= 4 is 23.1 Å². The smallest absolute Gasteiger partial charge is 0.293 e. The molecule has 1 aromatic carbocycles. The van der Waals surface area contributed by atoms with Crippen LogP contribution in [0.3, 0.4) is 0 Å². The van der Waals surface area contributed by atoms with Crippen molar-refractivity contribution in [2.45, 2.75) is 13.0 Å². The van der Waals surface area contributed by atoms with Crippen LogP contribution in [-0.4, -0.2) is 29.0 Å². The van der Waals surface area contributed by atoms with Crippen LogP contribution < -0.4 is 4.90 Å². The first kappa shape index (κ1) is 12.7. The molecule has 1 atom stereocenters. The zero-order valence-corrected chi connectivity index (χ0v) is 10.8. The molecular weight excluding hydrogens is 250 g/mol. The second-order valence-corrected chi connectivity index (χ2v) is 5.34. The van der Waals surface area contributed by atoms with Crippen molar-refractivity contribution in [3.63, 3.8) is 0 Å². The number of thioether (sulfide) groups is 1. The average molecular weight is 263 g/mol. The molecule has 0 saturated carbocycles. The minimum Gasteiger partial charge on any atom is -0.362 e. The van der Waals surface area contributed by atoms with Gasteiger partial charge >= 0.3 is 0 Å². The Balaban J connectivity index is 2.43. The van der Waals surface area contributed by atoms with Gasteiger partial charge in [-0.1, -0.05) is 0 Å². The van der Waals surface area contributed by atoms with Gasteiger partial charge in [-0.05, 0) is 19.1 Å². The highest BCUT2D eigenvalue weighted by molar-refractivity contribution is 7.99. The Labute approximate surface area is 110 Å². The number of nitro groups is 1. The third-order valence-corrected chi connectivity index (χ3v) is 4.17. The fourth-order valence-corrected chi connectivity index (χ4v) is 3.08. The lowest BCUT2D eigenvalue weighted by atomic mass is 10.1. The zero-order chi connectivity index (χ0) is 13.1. The van der Waals surface area contributed by atoms with Crippen LogP contribution in [0.2, 0.25) is 0 Å². The maximum atomic E-state index is 11.1. The predicted molar refractivity (Wildman–Crippen MR) is 71.9 cm³/mol. The number of anilines is 1. The predicted octanol–water partition coefficient (Wildman–Crippen LogP) is 2.41. The van der Waals surface area contributed by atoms with E-state index in [0.29, 0.717) is 11.3 Å². The summed E-state index contributed by atoms with van der Waals surface area (Å²) in [6.07, 6.45) is 0. The molecule has 5 nitrogen and oxygen atoms in total. The van der Waals surface area contributed by atoms with E-state index >= 15 is 0 Å². The van der Waals surface area contributed by atoms with Gasteiger partial charge in [0.15, 0.2) is 0 Å². The molecule has 0 aromatic heterocycles. The second-order valence-electron chi connectivity index (χ2n) is 4.19. The molecule has 1 aliphatic rings. The SMILES string of the molecule is CC1CSCCN1c1ccc(C#N)cc1[N+](=O)[O-]. The summed E-state index contributed by atoms with van der Waals surface area (Å²) in [5, 5.41) is 19.9. The summed E-state index contributed by atoms with van der Waals surface area (Å²) in [5.41, 5.74) is 0.962. The zero-order valence-electron chi connectivity index (χ0n) is 10.00. The van der Waals surface area contributed by atoms with Crippen LogP contribution in [0.5, 0.6) is 0 Å². The first-order chi connectivity index (χ1) is 8.63. The van der Waals surface area contributed by atoms with Gasteiger partial charge < -0.3 is 4.90 Å². The number of rotatable bonds is 2. The maximum Gasteiger partial charge on any atom is 0.293 e. The molecular formula is C12H13N3O2S. The normalized spacial score (nSPS) is 19.3. The number of nitriles is 1. The van der Waals surface area contributed by atoms with Gasteiger partial charge in [0.1, 0.15) is 5.69 Å². The lowest BCUT2D eigenvalue weighted by molar-refractivity contribution is -0.384. The van der Waals surface area contributed by atoms with Crippen LogP contribution in [0.4, 0.5) is 11.4 Å². The number of hydrogen-bond acceptors (Lipinski definition) is 5. The van der Waals surface area contributed by atoms with E-state index in [9.17, 15) is 10.1 Å². The van der Waals surface area contributed by atoms with Crippen molar-refractivity contribution in [2.24, 2.45) is 0 Å². The molecule has 18 heavy (non-hydrogen) atoms. The first-order valence-corrected chi connectivity index (χ1v) is 6.82. The van der Waals surface area contributed by atoms with Gasteiger partial charge in [-0.15, -0.1) is 0 Å². The molecule has 1 fully saturated rings. The molecule has 6 heteroatoms. The molecule has 2 rings (SSSR count). The number of benzene rings is 1. The number of hydrogen-bond donors (Lipinski definition) is 0. The molecule has 1 aliphatic heterocycles. The van der Waals surface area contributed by atoms with E-state index < -0.39 is 4.92 Å². The van der Waals surface area contributed by atoms with Gasteiger partial charge in [-0.25, -0.2) is 0 Å². The molecule has 0 bridgehead atoms. The molecule has 1 heterocycles. The quantitative estimate of drug-likeness (QED) is 0.605. The van der Waals surface area contributed by atoms with Crippen LogP contribution in [0, 0.1) is 21.4 Å². The molecule has 1 unspecified atom stereocenters. The topological polar surface area (TPSA) is 70.2 Å². The minimum atomic E-state index is -0.412. The Hall–Kier alpha value is -1.74. The van der Waals surface area contributed by atoms with Crippen LogP contribution in [0.15, 0.2) is 18.2 Å². The summed E-state index contributed by atoms with van der Waals surface area (Å²) in [7, 11) is 0. The van der Waals surface area contributed by atoms with E-state index in [2.05, 4.69) is 11.8 Å². The highest BCUT2D eigenvalue weighted by atomic mass is 32.2. The van der Waals surface area contributed by atoms with Gasteiger partial charge in [-0.3, -0.25) is 10.1 Å². The second kappa shape index (κ2) is 5.27. The fraction of sp³-hybridized carbons (Fsp3) is 0.417. The monoisotopic (exact) mass is 263 g/mol. The Kier molecular flexibility index (Phi) is 3.72. The highest BCUT2D eigenvalue weighted by Crippen LogP contribution is 2.32. The van der Waals surface area contributed by atoms with Gasteiger partial charge in [0.25, 0.3) is 5.69 Å². The third-order valence-electron chi connectivity index (χ3n) is 2.98. The summed E-state index contributed by atoms with van der Waals surface area (Å²) in [6, 6.07) is 6.88. The van der Waals surface area contributed by atoms with E-state index in [4.69, 9.17) is 5.26 Å². The summed E-state index contributed by atoms with van der Waals surface area (Å²) in [4.78, 5) is 12.7. The standard InChI is InChI=1S/C12H13N3O2S/c1-9-8-18-5-4-14(9)11-3-2-10(7-13)6-12(11)15(16)17/h2-3,6,9H,4-5,8H2,1H3. The van der Waals surface area contributed by atoms with Crippen LogP contribution >= 0.6 is 11.8 Å². The first-order valence-electron chi connectivity index (χ1n) is 5.66. The van der Waals surface area contributed by atoms with Crippen molar-refractivity contribution in [3.05, 3.63) is 33.9 Å². The van der Waals surface area contributed by atoms with Crippen molar-refractivity contribution < 1.29 is 4.92 Å². The van der Waals surface area contributed by atoms with E-state index in [1.54, 1.807) is 12.1 Å². The minimum absolute atomic E-state index is 0.0211. The maximum absolute atomic E-state index is 11.1. The lowest BCUT2D eigenvalue weighted by Gasteiger charge is -2.34. The highest BCUT2D eigenvalue weighted by Gasteiger charge is 2.25. The Bertz CT molecular complexity index is 513. The van der Waals surface area contributed by atoms with Crippen molar-refractivity contribution in [1.29, 1.82) is 5.26 Å². The van der Waals surface area contributed by atoms with E-state index in [1.165, 1.54) is 6.07 Å². The molecule has 94 valence electrons. The van der Waals surface area contributed by atoms with Crippen molar-refractivity contribution in [3.8, 4) is 6.07 Å². The van der Waals surface area contributed by atoms with E-state index in [0.717, 1.165) is 18.1 Å². The summed E-state index contributed by atoms with van der Waals surface area (Å²) < 4.78 is 0. The van der Waals surface area contributed by atoms with Gasteiger partial charge in [0, 0.05) is 30.2 Å². The molecule has 0 N–H and O–H groups in total. The van der Waals surface area contributed by atoms with Crippen LogP contribution in [0.25, 0.3) is 0 Å². The van der Waals surface area contributed by atoms with Crippen LogP contribution in [0.1, 0.15) is 12.5 Å². The lowest BCUT2D eigenvalue weighted by Crippen LogP contribution is -2.40. The Morgan fingerprint density at radius 2 is 2.39 bits per heavy atom. The number of nitro benzene ring substituents is 1. The Morgan fingerprint density at radius 3 is 3.00 bits per heavy atom. The summed E-state index contributed by atoms with van der Waals surface area (Å²) in [6.45, 7) is 2.87. The Morgan fingerprint density at radius 1 is 1.61 bits per heavy atom. The third kappa shape index (κ3) is 2.41. The van der Waals surface area contributed by atoms with Crippen molar-refractivity contribution in [2.75, 3.05) is 23.0 Å². The molecule has 1 saturated heterocycles. The van der Waals surface area contributed by atoms with Gasteiger partial charge in [0.05, 0.1) is 16.6 Å². The molecule has 1 aromatic rings.